The van der Waals surface area contributed by atoms with E-state index >= 15 is 0 Å². The van der Waals surface area contributed by atoms with E-state index in [-0.39, 0.29) is 11.3 Å². The molecule has 2 rings (SSSR count). The van der Waals surface area contributed by atoms with Crippen LogP contribution in [-0.2, 0) is 4.79 Å². The molecule has 0 bridgehead atoms. The van der Waals surface area contributed by atoms with Crippen molar-refractivity contribution in [2.45, 2.75) is 77.2 Å². The van der Waals surface area contributed by atoms with Gasteiger partial charge in [0, 0.05) is 19.0 Å². The average molecular weight is 281 g/mol. The van der Waals surface area contributed by atoms with Gasteiger partial charge < -0.3 is 10.0 Å². The van der Waals surface area contributed by atoms with Gasteiger partial charge in [-0.05, 0) is 38.0 Å². The van der Waals surface area contributed by atoms with Gasteiger partial charge in [-0.1, -0.05) is 39.5 Å². The first kappa shape index (κ1) is 15.8. The molecular formula is C17H31NO2. The molecule has 0 aliphatic heterocycles. The Morgan fingerprint density at radius 2 is 1.60 bits per heavy atom. The van der Waals surface area contributed by atoms with E-state index in [4.69, 9.17) is 0 Å². The molecule has 116 valence electrons. The van der Waals surface area contributed by atoms with E-state index in [1.165, 1.54) is 12.8 Å². The largest absolute Gasteiger partial charge is 0.388 e. The van der Waals surface area contributed by atoms with Gasteiger partial charge in [-0.25, -0.2) is 0 Å². The third-order valence-corrected chi connectivity index (χ3v) is 5.23. The second kappa shape index (κ2) is 6.05. The van der Waals surface area contributed by atoms with Gasteiger partial charge in [0.05, 0.1) is 5.60 Å². The van der Waals surface area contributed by atoms with Crippen molar-refractivity contribution in [3.63, 3.8) is 0 Å². The number of aliphatic hydroxyl groups is 1. The van der Waals surface area contributed by atoms with Crippen LogP contribution in [0.3, 0.4) is 0 Å². The van der Waals surface area contributed by atoms with Crippen LogP contribution in [0.2, 0.25) is 0 Å². The molecule has 1 N–H and O–H groups in total. The molecule has 0 saturated heterocycles. The molecule has 0 atom stereocenters. The lowest BCUT2D eigenvalue weighted by Gasteiger charge is -2.37. The Hall–Kier alpha value is -0.570. The topological polar surface area (TPSA) is 40.5 Å². The van der Waals surface area contributed by atoms with Crippen LogP contribution in [0.4, 0.5) is 0 Å². The highest BCUT2D eigenvalue weighted by molar-refractivity contribution is 5.83. The fraction of sp³-hybridized carbons (Fsp3) is 0.941. The van der Waals surface area contributed by atoms with E-state index < -0.39 is 5.60 Å². The molecule has 0 unspecified atom stereocenters. The molecule has 2 aliphatic rings. The second-order valence-corrected chi connectivity index (χ2v) is 7.68. The molecule has 0 spiro atoms. The summed E-state index contributed by atoms with van der Waals surface area (Å²) in [6.07, 6.45) is 9.30. The first-order valence-electron chi connectivity index (χ1n) is 8.35. The number of hydrogen-bond donors (Lipinski definition) is 1. The molecule has 2 fully saturated rings. The van der Waals surface area contributed by atoms with Crippen LogP contribution >= 0.6 is 0 Å². The van der Waals surface area contributed by atoms with E-state index in [0.717, 1.165) is 44.9 Å². The molecule has 0 radical (unpaired) electrons. The van der Waals surface area contributed by atoms with Crippen LogP contribution < -0.4 is 0 Å². The summed E-state index contributed by atoms with van der Waals surface area (Å²) >= 11 is 0. The highest BCUT2D eigenvalue weighted by atomic mass is 16.3. The Kier molecular flexibility index (Phi) is 4.78. The molecule has 2 aliphatic carbocycles. The normalized spacial score (nSPS) is 24.2. The van der Waals surface area contributed by atoms with Crippen LogP contribution in [0.15, 0.2) is 0 Å². The third kappa shape index (κ3) is 3.36. The Morgan fingerprint density at radius 1 is 1.10 bits per heavy atom. The second-order valence-electron chi connectivity index (χ2n) is 7.68. The lowest BCUT2D eigenvalue weighted by Crippen LogP contribution is -2.48. The van der Waals surface area contributed by atoms with Gasteiger partial charge in [0.2, 0.25) is 5.91 Å². The minimum atomic E-state index is -0.623. The van der Waals surface area contributed by atoms with Gasteiger partial charge >= 0.3 is 0 Å². The summed E-state index contributed by atoms with van der Waals surface area (Å²) < 4.78 is 0. The smallest absolute Gasteiger partial charge is 0.228 e. The third-order valence-electron chi connectivity index (χ3n) is 5.23. The van der Waals surface area contributed by atoms with Gasteiger partial charge in [-0.3, -0.25) is 4.79 Å². The van der Waals surface area contributed by atoms with E-state index in [9.17, 15) is 9.90 Å². The molecule has 1 amide bonds. The number of nitrogens with zero attached hydrogens (tertiary/aromatic N) is 1. The molecule has 0 aromatic carbocycles. The maximum atomic E-state index is 12.9. The predicted octanol–water partition coefficient (Wildman–Crippen LogP) is 3.36. The fourth-order valence-electron chi connectivity index (χ4n) is 4.45. The first-order chi connectivity index (χ1) is 9.37. The van der Waals surface area contributed by atoms with Crippen LogP contribution in [0.5, 0.6) is 0 Å². The molecular weight excluding hydrogens is 250 g/mol. The first-order valence-corrected chi connectivity index (χ1v) is 8.35. The average Bonchev–Trinajstić information content (AvgIpc) is 2.98. The SMILES string of the molecule is CC(C)CC1(C(=O)N(C)CC2(O)CCCC2)CCCC1. The summed E-state index contributed by atoms with van der Waals surface area (Å²) in [5.41, 5.74) is -0.764. The van der Waals surface area contributed by atoms with Crippen molar-refractivity contribution in [3.05, 3.63) is 0 Å². The Bertz CT molecular complexity index is 339. The number of amides is 1. The van der Waals surface area contributed by atoms with E-state index in [1.807, 2.05) is 11.9 Å². The zero-order chi connectivity index (χ0) is 14.8. The summed E-state index contributed by atoms with van der Waals surface area (Å²) in [6.45, 7) is 4.93. The molecule has 0 aromatic rings. The van der Waals surface area contributed by atoms with Crippen molar-refractivity contribution < 1.29 is 9.90 Å². The van der Waals surface area contributed by atoms with Crippen LogP contribution in [-0.4, -0.2) is 35.1 Å². The van der Waals surface area contributed by atoms with Crippen molar-refractivity contribution in [2.75, 3.05) is 13.6 Å². The van der Waals surface area contributed by atoms with Gasteiger partial charge in [0.1, 0.15) is 0 Å². The Morgan fingerprint density at radius 3 is 2.10 bits per heavy atom. The molecule has 3 heteroatoms. The lowest BCUT2D eigenvalue weighted by atomic mass is 9.77. The highest BCUT2D eigenvalue weighted by Crippen LogP contribution is 2.45. The standard InChI is InChI=1S/C17H31NO2/c1-14(2)12-16(8-4-5-9-16)15(19)18(3)13-17(20)10-6-7-11-17/h14,20H,4-13H2,1-3H3. The summed E-state index contributed by atoms with van der Waals surface area (Å²) in [5, 5.41) is 10.5. The molecule has 0 aromatic heterocycles. The Labute approximate surface area is 123 Å². The molecule has 3 nitrogen and oxygen atoms in total. The number of rotatable bonds is 5. The summed E-state index contributed by atoms with van der Waals surface area (Å²) in [4.78, 5) is 14.8. The van der Waals surface area contributed by atoms with E-state index in [1.54, 1.807) is 0 Å². The maximum absolute atomic E-state index is 12.9. The number of likely N-dealkylation sites (N-methyl/N-ethyl adjacent to an activating group) is 1. The number of hydrogen-bond acceptors (Lipinski definition) is 2. The highest BCUT2D eigenvalue weighted by Gasteiger charge is 2.44. The summed E-state index contributed by atoms with van der Waals surface area (Å²) in [7, 11) is 1.89. The molecule has 2 saturated carbocycles. The van der Waals surface area contributed by atoms with Gasteiger partial charge in [0.15, 0.2) is 0 Å². The monoisotopic (exact) mass is 281 g/mol. The minimum Gasteiger partial charge on any atom is -0.388 e. The molecule has 20 heavy (non-hydrogen) atoms. The van der Waals surface area contributed by atoms with Crippen molar-refractivity contribution in [2.24, 2.45) is 11.3 Å². The fourth-order valence-corrected chi connectivity index (χ4v) is 4.45. The van der Waals surface area contributed by atoms with E-state index in [0.29, 0.717) is 12.5 Å². The quantitative estimate of drug-likeness (QED) is 0.839. The zero-order valence-corrected chi connectivity index (χ0v) is 13.5. The van der Waals surface area contributed by atoms with Crippen molar-refractivity contribution in [1.29, 1.82) is 0 Å². The van der Waals surface area contributed by atoms with Crippen LogP contribution in [0.1, 0.15) is 71.6 Å². The van der Waals surface area contributed by atoms with Crippen molar-refractivity contribution >= 4 is 5.91 Å². The Balaban J connectivity index is 2.03. The van der Waals surface area contributed by atoms with Crippen LogP contribution in [0, 0.1) is 11.3 Å². The van der Waals surface area contributed by atoms with Crippen molar-refractivity contribution in [3.8, 4) is 0 Å². The lowest BCUT2D eigenvalue weighted by molar-refractivity contribution is -0.144. The van der Waals surface area contributed by atoms with Gasteiger partial charge in [-0.2, -0.15) is 0 Å². The predicted molar refractivity (Wildman–Crippen MR) is 81.4 cm³/mol. The van der Waals surface area contributed by atoms with Gasteiger partial charge in [-0.15, -0.1) is 0 Å². The van der Waals surface area contributed by atoms with E-state index in [2.05, 4.69) is 13.8 Å². The van der Waals surface area contributed by atoms with Crippen molar-refractivity contribution in [1.82, 2.24) is 4.90 Å². The summed E-state index contributed by atoms with van der Waals surface area (Å²) in [6, 6.07) is 0. The van der Waals surface area contributed by atoms with Gasteiger partial charge in [0.25, 0.3) is 0 Å². The maximum Gasteiger partial charge on any atom is 0.228 e. The minimum absolute atomic E-state index is 0.141. The number of carbonyl (C=O) groups excluding carboxylic acids is 1. The zero-order valence-electron chi connectivity index (χ0n) is 13.5. The summed E-state index contributed by atoms with van der Waals surface area (Å²) in [5.74, 6) is 0.837. The van der Waals surface area contributed by atoms with Crippen LogP contribution in [0.25, 0.3) is 0 Å². The molecule has 0 heterocycles. The number of carbonyl (C=O) groups is 1.